The van der Waals surface area contributed by atoms with Crippen molar-refractivity contribution in [2.45, 2.75) is 13.0 Å². The molecule has 0 aliphatic rings. The third-order valence-electron chi connectivity index (χ3n) is 2.59. The van der Waals surface area contributed by atoms with E-state index in [0.29, 0.717) is 15.6 Å². The number of benzene rings is 1. The van der Waals surface area contributed by atoms with Gasteiger partial charge in [-0.1, -0.05) is 11.6 Å². The van der Waals surface area contributed by atoms with Gasteiger partial charge in [0.1, 0.15) is 5.75 Å². The van der Waals surface area contributed by atoms with Crippen molar-refractivity contribution in [3.8, 4) is 5.75 Å². The number of carbonyl (C=O) groups excluding carboxylic acids is 2. The summed E-state index contributed by atoms with van der Waals surface area (Å²) in [6, 6.07) is 10.1. The Morgan fingerprint density at radius 1 is 1.18 bits per heavy atom. The Bertz CT molecular complexity index is 675. The van der Waals surface area contributed by atoms with Crippen LogP contribution >= 0.6 is 38.9 Å². The Hall–Kier alpha value is -1.57. The van der Waals surface area contributed by atoms with Crippen LogP contribution in [-0.2, 0) is 4.79 Å². The van der Waals surface area contributed by atoms with E-state index in [1.807, 2.05) is 0 Å². The zero-order valence-electron chi connectivity index (χ0n) is 11.4. The lowest BCUT2D eigenvalue weighted by Gasteiger charge is -2.14. The van der Waals surface area contributed by atoms with Gasteiger partial charge in [-0.3, -0.25) is 20.4 Å². The normalized spacial score (nSPS) is 11.6. The summed E-state index contributed by atoms with van der Waals surface area (Å²) in [4.78, 5) is 24.1. The number of halogens is 2. The SMILES string of the molecule is CC(Oc1ccc(Cl)cc1)C(=O)NNC(=O)c1ccc(Br)s1. The van der Waals surface area contributed by atoms with Gasteiger partial charge in [-0.2, -0.15) is 0 Å². The van der Waals surface area contributed by atoms with Crippen molar-refractivity contribution in [3.05, 3.63) is 50.1 Å². The molecule has 0 saturated carbocycles. The molecule has 1 heterocycles. The van der Waals surface area contributed by atoms with Crippen LogP contribution in [0.2, 0.25) is 5.02 Å². The Kier molecular flexibility index (Phi) is 5.82. The number of amides is 2. The number of hydrazine groups is 1. The minimum Gasteiger partial charge on any atom is -0.481 e. The fourth-order valence-electron chi connectivity index (χ4n) is 1.49. The van der Waals surface area contributed by atoms with E-state index in [1.54, 1.807) is 43.3 Å². The fraction of sp³-hybridized carbons (Fsp3) is 0.143. The zero-order chi connectivity index (χ0) is 16.1. The Morgan fingerprint density at radius 2 is 1.86 bits per heavy atom. The lowest BCUT2D eigenvalue weighted by molar-refractivity contribution is -0.128. The fourth-order valence-corrected chi connectivity index (χ4v) is 2.90. The summed E-state index contributed by atoms with van der Waals surface area (Å²) in [7, 11) is 0. The molecule has 0 spiro atoms. The van der Waals surface area contributed by atoms with E-state index < -0.39 is 12.0 Å². The summed E-state index contributed by atoms with van der Waals surface area (Å²) < 4.78 is 6.28. The van der Waals surface area contributed by atoms with Gasteiger partial charge in [-0.25, -0.2) is 0 Å². The van der Waals surface area contributed by atoms with Crippen LogP contribution in [0.3, 0.4) is 0 Å². The molecule has 2 aromatic rings. The largest absolute Gasteiger partial charge is 0.481 e. The molecular formula is C14H12BrClN2O3S. The molecule has 0 aliphatic carbocycles. The van der Waals surface area contributed by atoms with E-state index in [-0.39, 0.29) is 5.91 Å². The van der Waals surface area contributed by atoms with Gasteiger partial charge in [-0.15, -0.1) is 11.3 Å². The van der Waals surface area contributed by atoms with Crippen molar-refractivity contribution < 1.29 is 14.3 Å². The average molecular weight is 404 g/mol. The van der Waals surface area contributed by atoms with Gasteiger partial charge in [0.25, 0.3) is 11.8 Å². The predicted molar refractivity (Wildman–Crippen MR) is 89.2 cm³/mol. The van der Waals surface area contributed by atoms with Crippen molar-refractivity contribution in [2.75, 3.05) is 0 Å². The molecule has 0 bridgehead atoms. The summed E-state index contributed by atoms with van der Waals surface area (Å²) in [5.41, 5.74) is 4.66. The summed E-state index contributed by atoms with van der Waals surface area (Å²) >= 11 is 10.3. The number of hydrogen-bond acceptors (Lipinski definition) is 4. The molecule has 5 nitrogen and oxygen atoms in total. The Labute approximate surface area is 144 Å². The van der Waals surface area contributed by atoms with Crippen LogP contribution in [0.4, 0.5) is 0 Å². The van der Waals surface area contributed by atoms with Crippen LogP contribution in [0.5, 0.6) is 5.75 Å². The maximum atomic E-state index is 11.9. The second kappa shape index (κ2) is 7.62. The molecule has 2 rings (SSSR count). The third kappa shape index (κ3) is 4.72. The van der Waals surface area contributed by atoms with Gasteiger partial charge in [0.2, 0.25) is 0 Å². The molecular weight excluding hydrogens is 392 g/mol. The number of ether oxygens (including phenoxy) is 1. The lowest BCUT2D eigenvalue weighted by atomic mass is 10.3. The van der Waals surface area contributed by atoms with E-state index in [1.165, 1.54) is 11.3 Å². The second-order valence-electron chi connectivity index (χ2n) is 4.26. The quantitative estimate of drug-likeness (QED) is 0.769. The first-order valence-electron chi connectivity index (χ1n) is 6.23. The summed E-state index contributed by atoms with van der Waals surface area (Å²) in [5, 5.41) is 0.582. The molecule has 1 aromatic carbocycles. The second-order valence-corrected chi connectivity index (χ2v) is 7.16. The highest BCUT2D eigenvalue weighted by Gasteiger charge is 2.16. The summed E-state index contributed by atoms with van der Waals surface area (Å²) in [5.74, 6) is -0.331. The minimum absolute atomic E-state index is 0.386. The Balaban J connectivity index is 1.83. The maximum Gasteiger partial charge on any atom is 0.279 e. The van der Waals surface area contributed by atoms with Gasteiger partial charge in [0.05, 0.1) is 8.66 Å². The molecule has 1 atom stereocenters. The van der Waals surface area contributed by atoms with Crippen LogP contribution < -0.4 is 15.6 Å². The molecule has 0 saturated heterocycles. The monoisotopic (exact) mass is 402 g/mol. The van der Waals surface area contributed by atoms with Gasteiger partial charge >= 0.3 is 0 Å². The van der Waals surface area contributed by atoms with Crippen LogP contribution in [0.15, 0.2) is 40.2 Å². The van der Waals surface area contributed by atoms with Crippen LogP contribution in [0.25, 0.3) is 0 Å². The van der Waals surface area contributed by atoms with Gasteiger partial charge < -0.3 is 4.74 Å². The van der Waals surface area contributed by atoms with Crippen LogP contribution in [-0.4, -0.2) is 17.9 Å². The minimum atomic E-state index is -0.767. The van der Waals surface area contributed by atoms with E-state index in [2.05, 4.69) is 26.8 Å². The maximum absolute atomic E-state index is 11.9. The molecule has 22 heavy (non-hydrogen) atoms. The van der Waals surface area contributed by atoms with Crippen molar-refractivity contribution in [1.29, 1.82) is 0 Å². The molecule has 0 radical (unpaired) electrons. The molecule has 1 aromatic heterocycles. The van der Waals surface area contributed by atoms with Crippen molar-refractivity contribution in [2.24, 2.45) is 0 Å². The molecule has 0 aliphatic heterocycles. The smallest absolute Gasteiger partial charge is 0.279 e. The number of carbonyl (C=O) groups is 2. The highest BCUT2D eigenvalue weighted by atomic mass is 79.9. The molecule has 0 fully saturated rings. The highest BCUT2D eigenvalue weighted by Crippen LogP contribution is 2.21. The van der Waals surface area contributed by atoms with Crippen molar-refractivity contribution in [3.63, 3.8) is 0 Å². The first kappa shape index (κ1) is 16.8. The van der Waals surface area contributed by atoms with Crippen molar-refractivity contribution in [1.82, 2.24) is 10.9 Å². The third-order valence-corrected chi connectivity index (χ3v) is 4.47. The topological polar surface area (TPSA) is 67.4 Å². The molecule has 8 heteroatoms. The predicted octanol–water partition coefficient (Wildman–Crippen LogP) is 3.39. The molecule has 2 amide bonds. The van der Waals surface area contributed by atoms with Crippen LogP contribution in [0.1, 0.15) is 16.6 Å². The Morgan fingerprint density at radius 3 is 2.45 bits per heavy atom. The van der Waals surface area contributed by atoms with E-state index in [0.717, 1.165) is 3.79 Å². The van der Waals surface area contributed by atoms with Crippen LogP contribution in [0, 0.1) is 0 Å². The lowest BCUT2D eigenvalue weighted by Crippen LogP contribution is -2.47. The van der Waals surface area contributed by atoms with E-state index in [9.17, 15) is 9.59 Å². The average Bonchev–Trinajstić information content (AvgIpc) is 2.93. The first-order valence-corrected chi connectivity index (χ1v) is 8.22. The number of rotatable bonds is 4. The number of nitrogens with one attached hydrogen (secondary N) is 2. The van der Waals surface area contributed by atoms with Gasteiger partial charge in [0.15, 0.2) is 6.10 Å². The number of thiophene rings is 1. The standard InChI is InChI=1S/C14H12BrClN2O3S/c1-8(21-10-4-2-9(16)3-5-10)13(19)17-18-14(20)11-6-7-12(15)22-11/h2-8H,1H3,(H,17,19)(H,18,20). The van der Waals surface area contributed by atoms with Crippen molar-refractivity contribution >= 4 is 50.7 Å². The van der Waals surface area contributed by atoms with E-state index in [4.69, 9.17) is 16.3 Å². The number of hydrogen-bond donors (Lipinski definition) is 2. The van der Waals surface area contributed by atoms with Gasteiger partial charge in [-0.05, 0) is 59.3 Å². The summed E-state index contributed by atoms with van der Waals surface area (Å²) in [6.45, 7) is 1.58. The van der Waals surface area contributed by atoms with Gasteiger partial charge in [0, 0.05) is 5.02 Å². The molecule has 2 N–H and O–H groups in total. The first-order chi connectivity index (χ1) is 10.5. The van der Waals surface area contributed by atoms with E-state index >= 15 is 0 Å². The molecule has 116 valence electrons. The highest BCUT2D eigenvalue weighted by molar-refractivity contribution is 9.11. The molecule has 1 unspecified atom stereocenters. The zero-order valence-corrected chi connectivity index (χ0v) is 14.6. The summed E-state index contributed by atoms with van der Waals surface area (Å²) in [6.07, 6.45) is -0.767.